The minimum Gasteiger partial charge on any atom is -0.494 e. The summed E-state index contributed by atoms with van der Waals surface area (Å²) in [7, 11) is 3.22. The van der Waals surface area contributed by atoms with E-state index < -0.39 is 5.25 Å². The van der Waals surface area contributed by atoms with E-state index in [-0.39, 0.29) is 18.2 Å². The van der Waals surface area contributed by atoms with Crippen LogP contribution in [0.1, 0.15) is 6.42 Å². The lowest BCUT2D eigenvalue weighted by Crippen LogP contribution is -2.43. The Labute approximate surface area is 170 Å². The minimum atomic E-state index is -0.550. The van der Waals surface area contributed by atoms with E-state index in [1.807, 2.05) is 24.3 Å². The van der Waals surface area contributed by atoms with Crippen LogP contribution in [0.3, 0.4) is 0 Å². The number of rotatable bonds is 4. The Hall–Kier alpha value is -2.32. The Morgan fingerprint density at radius 3 is 2.67 bits per heavy atom. The molecule has 2 aromatic carbocycles. The lowest BCUT2D eigenvalue weighted by atomic mass is 10.2. The van der Waals surface area contributed by atoms with Gasteiger partial charge in [-0.25, -0.2) is 4.99 Å². The van der Waals surface area contributed by atoms with Crippen LogP contribution in [0.25, 0.3) is 0 Å². The molecule has 0 bridgehead atoms. The van der Waals surface area contributed by atoms with Crippen molar-refractivity contribution in [1.29, 1.82) is 0 Å². The maximum Gasteiger partial charge on any atom is 0.238 e. The zero-order chi connectivity index (χ0) is 19.4. The molecular formula is C19H18BrN3O3S. The van der Waals surface area contributed by atoms with Crippen LogP contribution in [0.15, 0.2) is 58.0 Å². The molecule has 0 aliphatic carbocycles. The van der Waals surface area contributed by atoms with Gasteiger partial charge in [-0.3, -0.25) is 14.5 Å². The number of amides is 2. The average molecular weight is 448 g/mol. The Morgan fingerprint density at radius 2 is 1.96 bits per heavy atom. The summed E-state index contributed by atoms with van der Waals surface area (Å²) in [5.74, 6) is 0.225. The van der Waals surface area contributed by atoms with Gasteiger partial charge in [0, 0.05) is 23.6 Å². The van der Waals surface area contributed by atoms with Crippen molar-refractivity contribution >= 4 is 56.0 Å². The molecule has 140 valence electrons. The molecule has 1 heterocycles. The summed E-state index contributed by atoms with van der Waals surface area (Å²) in [4.78, 5) is 31.0. The summed E-state index contributed by atoms with van der Waals surface area (Å²) >= 11 is 4.63. The second-order valence-electron chi connectivity index (χ2n) is 5.83. The van der Waals surface area contributed by atoms with Crippen molar-refractivity contribution in [3.63, 3.8) is 0 Å². The number of nitrogens with one attached hydrogen (secondary N) is 1. The third-order valence-electron chi connectivity index (χ3n) is 3.97. The van der Waals surface area contributed by atoms with Gasteiger partial charge in [0.2, 0.25) is 11.8 Å². The maximum absolute atomic E-state index is 12.6. The number of methoxy groups -OCH3 is 1. The average Bonchev–Trinajstić information content (AvgIpc) is 2.67. The quantitative estimate of drug-likeness (QED) is 0.767. The van der Waals surface area contributed by atoms with Gasteiger partial charge in [-0.15, -0.1) is 0 Å². The molecular weight excluding hydrogens is 430 g/mol. The monoisotopic (exact) mass is 447 g/mol. The van der Waals surface area contributed by atoms with Crippen molar-refractivity contribution in [2.75, 3.05) is 19.5 Å². The summed E-state index contributed by atoms with van der Waals surface area (Å²) in [5.41, 5.74) is 1.29. The number of carbonyl (C=O) groups is 2. The van der Waals surface area contributed by atoms with Crippen LogP contribution >= 0.6 is 27.7 Å². The molecule has 0 aromatic heterocycles. The molecule has 0 saturated carbocycles. The highest BCUT2D eigenvalue weighted by atomic mass is 79.9. The molecule has 1 aliphatic heterocycles. The molecule has 1 aliphatic rings. The minimum absolute atomic E-state index is 0.120. The number of hydrogen-bond acceptors (Lipinski definition) is 5. The number of para-hydroxylation sites is 2. The third-order valence-corrected chi connectivity index (χ3v) is 5.74. The van der Waals surface area contributed by atoms with Crippen LogP contribution < -0.4 is 10.1 Å². The van der Waals surface area contributed by atoms with E-state index in [1.165, 1.54) is 16.7 Å². The van der Waals surface area contributed by atoms with Gasteiger partial charge >= 0.3 is 0 Å². The number of benzene rings is 2. The van der Waals surface area contributed by atoms with E-state index in [0.717, 1.165) is 4.47 Å². The number of amidine groups is 1. The van der Waals surface area contributed by atoms with Gasteiger partial charge in [-0.2, -0.15) is 0 Å². The van der Waals surface area contributed by atoms with Crippen LogP contribution in [0, 0.1) is 0 Å². The number of halogens is 1. The van der Waals surface area contributed by atoms with Crippen molar-refractivity contribution in [3.05, 3.63) is 53.0 Å². The lowest BCUT2D eigenvalue weighted by Gasteiger charge is -2.29. The second-order valence-corrected chi connectivity index (χ2v) is 7.91. The first-order valence-electron chi connectivity index (χ1n) is 8.19. The van der Waals surface area contributed by atoms with Gasteiger partial charge in [0.25, 0.3) is 0 Å². The van der Waals surface area contributed by atoms with Crippen molar-refractivity contribution in [2.24, 2.45) is 4.99 Å². The molecule has 2 amide bonds. The zero-order valence-electron chi connectivity index (χ0n) is 14.8. The first kappa shape index (κ1) is 19.4. The number of anilines is 1. The van der Waals surface area contributed by atoms with E-state index in [1.54, 1.807) is 38.4 Å². The topological polar surface area (TPSA) is 71.0 Å². The van der Waals surface area contributed by atoms with Crippen molar-refractivity contribution < 1.29 is 14.3 Å². The predicted octanol–water partition coefficient (Wildman–Crippen LogP) is 4.05. The fourth-order valence-electron chi connectivity index (χ4n) is 2.48. The molecule has 6 nitrogen and oxygen atoms in total. The molecule has 1 saturated heterocycles. The van der Waals surface area contributed by atoms with Crippen LogP contribution in [0.5, 0.6) is 5.75 Å². The SMILES string of the molecule is COc1ccccc1N=C1S[C@@H](C(=O)Nc2ccc(Br)cc2)CC(=O)N1C. The Morgan fingerprint density at radius 1 is 1.26 bits per heavy atom. The number of ether oxygens (including phenoxy) is 1. The van der Waals surface area contributed by atoms with Gasteiger partial charge in [-0.1, -0.05) is 39.8 Å². The van der Waals surface area contributed by atoms with Crippen LogP contribution in [0.2, 0.25) is 0 Å². The van der Waals surface area contributed by atoms with Gasteiger partial charge in [-0.05, 0) is 36.4 Å². The summed E-state index contributed by atoms with van der Waals surface area (Å²) in [6.45, 7) is 0. The van der Waals surface area contributed by atoms with Gasteiger partial charge in [0.15, 0.2) is 5.17 Å². The molecule has 0 unspecified atom stereocenters. The Bertz CT molecular complexity index is 886. The van der Waals surface area contributed by atoms with Crippen molar-refractivity contribution in [1.82, 2.24) is 4.90 Å². The molecule has 27 heavy (non-hydrogen) atoms. The summed E-state index contributed by atoms with van der Waals surface area (Å²) < 4.78 is 6.24. The summed E-state index contributed by atoms with van der Waals surface area (Å²) in [6.07, 6.45) is 0.120. The van der Waals surface area contributed by atoms with Crippen molar-refractivity contribution in [3.8, 4) is 5.75 Å². The predicted molar refractivity (Wildman–Crippen MR) is 112 cm³/mol. The lowest BCUT2D eigenvalue weighted by molar-refractivity contribution is -0.128. The molecule has 1 fully saturated rings. The van der Waals surface area contributed by atoms with E-state index in [2.05, 4.69) is 26.2 Å². The van der Waals surface area contributed by atoms with Gasteiger partial charge in [0.05, 0.1) is 7.11 Å². The molecule has 2 aromatic rings. The number of nitrogens with zero attached hydrogens (tertiary/aromatic N) is 2. The highest BCUT2D eigenvalue weighted by Crippen LogP contribution is 2.32. The zero-order valence-corrected chi connectivity index (χ0v) is 17.2. The number of carbonyl (C=O) groups excluding carboxylic acids is 2. The smallest absolute Gasteiger partial charge is 0.238 e. The first-order chi connectivity index (χ1) is 13.0. The maximum atomic E-state index is 12.6. The third kappa shape index (κ3) is 4.70. The van der Waals surface area contributed by atoms with Crippen LogP contribution in [-0.4, -0.2) is 41.3 Å². The molecule has 8 heteroatoms. The molecule has 1 atom stereocenters. The summed E-state index contributed by atoms with van der Waals surface area (Å²) in [6, 6.07) is 14.6. The number of aliphatic imine (C=N–C) groups is 1. The highest BCUT2D eigenvalue weighted by molar-refractivity contribution is 9.10. The van der Waals surface area contributed by atoms with Gasteiger partial charge < -0.3 is 10.1 Å². The number of thioether (sulfide) groups is 1. The normalized spacial score (nSPS) is 18.5. The largest absolute Gasteiger partial charge is 0.494 e. The first-order valence-corrected chi connectivity index (χ1v) is 9.86. The van der Waals surface area contributed by atoms with Crippen LogP contribution in [0.4, 0.5) is 11.4 Å². The number of hydrogen-bond donors (Lipinski definition) is 1. The molecule has 3 rings (SSSR count). The van der Waals surface area contributed by atoms with Crippen molar-refractivity contribution in [2.45, 2.75) is 11.7 Å². The fraction of sp³-hybridized carbons (Fsp3) is 0.211. The van der Waals surface area contributed by atoms with Crippen LogP contribution in [-0.2, 0) is 9.59 Å². The molecule has 0 spiro atoms. The molecule has 0 radical (unpaired) electrons. The van der Waals surface area contributed by atoms with E-state index >= 15 is 0 Å². The fourth-order valence-corrected chi connectivity index (χ4v) is 3.80. The Kier molecular flexibility index (Phi) is 6.18. The van der Waals surface area contributed by atoms with E-state index in [9.17, 15) is 9.59 Å². The summed E-state index contributed by atoms with van der Waals surface area (Å²) in [5, 5.41) is 2.76. The molecule has 1 N–H and O–H groups in total. The Balaban J connectivity index is 1.80. The van der Waals surface area contributed by atoms with E-state index in [4.69, 9.17) is 4.74 Å². The standard InChI is InChI=1S/C19H18BrN3O3S/c1-23-17(24)11-16(18(25)21-13-9-7-12(20)8-10-13)27-19(23)22-14-5-3-4-6-15(14)26-2/h3-10,16H,11H2,1-2H3,(H,21,25)/t16-/m1/s1. The van der Waals surface area contributed by atoms with E-state index in [0.29, 0.717) is 22.3 Å². The second kappa shape index (κ2) is 8.58. The van der Waals surface area contributed by atoms with Gasteiger partial charge in [0.1, 0.15) is 16.7 Å². The highest BCUT2D eigenvalue weighted by Gasteiger charge is 2.34.